The number of aryl methyl sites for hydroxylation is 1. The highest BCUT2D eigenvalue weighted by atomic mass is 32.2. The number of rotatable bonds is 9. The summed E-state index contributed by atoms with van der Waals surface area (Å²) in [5.74, 6) is -2.91. The number of β-lactam (4-membered cyclic amide) rings is 1. The first-order valence-electron chi connectivity index (χ1n) is 9.04. The van der Waals surface area contributed by atoms with E-state index >= 15 is 0 Å². The van der Waals surface area contributed by atoms with E-state index in [0.717, 1.165) is 16.7 Å². The number of aromatic nitrogens is 4. The van der Waals surface area contributed by atoms with E-state index < -0.39 is 34.9 Å². The van der Waals surface area contributed by atoms with Crippen LogP contribution in [0.4, 0.5) is 0 Å². The van der Waals surface area contributed by atoms with Crippen LogP contribution in [0, 0.1) is 4.77 Å². The van der Waals surface area contributed by atoms with Crippen molar-refractivity contribution in [2.45, 2.75) is 17.6 Å². The lowest BCUT2D eigenvalue weighted by Gasteiger charge is -2.55. The Morgan fingerprint density at radius 2 is 2.06 bits per heavy atom. The Morgan fingerprint density at radius 1 is 1.34 bits per heavy atom. The molecule has 174 valence electrons. The molecule has 16 heteroatoms. The SMILES string of the molecule is COC(=O)CSCC(=O)N[C@]1(OC)C(=O)N2C(C(=O)O)=C(Cn3nnn(C)c3=S)CS[C@@H]21. The summed E-state index contributed by atoms with van der Waals surface area (Å²) in [6.45, 7) is 0.0499. The number of carbonyl (C=O) groups is 4. The molecule has 1 saturated heterocycles. The van der Waals surface area contributed by atoms with E-state index in [4.69, 9.17) is 17.0 Å². The second-order valence-electron chi connectivity index (χ2n) is 6.70. The third-order valence-electron chi connectivity index (χ3n) is 4.76. The van der Waals surface area contributed by atoms with E-state index in [1.54, 1.807) is 7.05 Å². The largest absolute Gasteiger partial charge is 0.477 e. The van der Waals surface area contributed by atoms with Gasteiger partial charge in [0.05, 0.1) is 25.2 Å². The van der Waals surface area contributed by atoms with Crippen LogP contribution >= 0.6 is 35.7 Å². The first kappa shape index (κ1) is 24.2. The van der Waals surface area contributed by atoms with E-state index in [2.05, 4.69) is 20.5 Å². The van der Waals surface area contributed by atoms with Crippen LogP contribution in [0.2, 0.25) is 0 Å². The van der Waals surface area contributed by atoms with Gasteiger partial charge in [0, 0.05) is 19.9 Å². The number of aliphatic carboxylic acids is 1. The lowest BCUT2D eigenvalue weighted by Crippen LogP contribution is -2.80. The van der Waals surface area contributed by atoms with Gasteiger partial charge >= 0.3 is 11.9 Å². The van der Waals surface area contributed by atoms with Crippen molar-refractivity contribution in [1.29, 1.82) is 0 Å². The third kappa shape index (κ3) is 4.26. The molecule has 0 saturated carbocycles. The third-order valence-corrected chi connectivity index (χ3v) is 7.52. The second-order valence-corrected chi connectivity index (χ2v) is 9.11. The minimum Gasteiger partial charge on any atom is -0.477 e. The minimum atomic E-state index is -1.71. The minimum absolute atomic E-state index is 0.0255. The highest BCUT2D eigenvalue weighted by Gasteiger charge is 2.66. The molecule has 1 fully saturated rings. The normalized spacial score (nSPS) is 22.3. The molecular formula is C16H20N6O7S3. The predicted molar refractivity (Wildman–Crippen MR) is 115 cm³/mol. The number of carboxylic acids is 1. The molecule has 2 N–H and O–H groups in total. The van der Waals surface area contributed by atoms with Gasteiger partial charge < -0.3 is 19.9 Å². The molecular weight excluding hydrogens is 484 g/mol. The van der Waals surface area contributed by atoms with Crippen molar-refractivity contribution in [2.24, 2.45) is 7.05 Å². The van der Waals surface area contributed by atoms with Gasteiger partial charge in [-0.05, 0) is 28.2 Å². The number of ether oxygens (including phenoxy) is 2. The monoisotopic (exact) mass is 504 g/mol. The number of tetrazole rings is 1. The summed E-state index contributed by atoms with van der Waals surface area (Å²) in [6.07, 6.45) is 0. The molecule has 3 rings (SSSR count). The van der Waals surface area contributed by atoms with E-state index in [1.807, 2.05) is 0 Å². The van der Waals surface area contributed by atoms with E-state index in [1.165, 1.54) is 35.3 Å². The average Bonchev–Trinajstić information content (AvgIpc) is 3.08. The van der Waals surface area contributed by atoms with Gasteiger partial charge in [0.2, 0.25) is 10.7 Å². The van der Waals surface area contributed by atoms with Gasteiger partial charge in [-0.1, -0.05) is 0 Å². The van der Waals surface area contributed by atoms with Gasteiger partial charge in [-0.2, -0.15) is 0 Å². The van der Waals surface area contributed by atoms with Crippen LogP contribution in [0.15, 0.2) is 11.3 Å². The fraction of sp³-hybridized carbons (Fsp3) is 0.562. The molecule has 0 bridgehead atoms. The van der Waals surface area contributed by atoms with E-state index in [9.17, 15) is 24.3 Å². The first-order valence-corrected chi connectivity index (χ1v) is 11.7. The molecule has 1 aromatic rings. The molecule has 13 nitrogen and oxygen atoms in total. The molecule has 2 atom stereocenters. The second kappa shape index (κ2) is 9.60. The number of thioether (sulfide) groups is 2. The van der Waals surface area contributed by atoms with Crippen LogP contribution < -0.4 is 5.32 Å². The quantitative estimate of drug-likeness (QED) is 0.182. The van der Waals surface area contributed by atoms with Crippen LogP contribution in [0.3, 0.4) is 0 Å². The number of nitrogens with zero attached hydrogens (tertiary/aromatic N) is 5. The Bertz CT molecular complexity index is 1050. The fourth-order valence-corrected chi connectivity index (χ4v) is 5.44. The summed E-state index contributed by atoms with van der Waals surface area (Å²) in [6, 6.07) is 0. The maximum Gasteiger partial charge on any atom is 0.352 e. The van der Waals surface area contributed by atoms with E-state index in [0.29, 0.717) is 10.3 Å². The van der Waals surface area contributed by atoms with Gasteiger partial charge in [-0.25, -0.2) is 14.2 Å². The van der Waals surface area contributed by atoms with Crippen molar-refractivity contribution >= 4 is 59.5 Å². The Balaban J connectivity index is 1.79. The van der Waals surface area contributed by atoms with Crippen LogP contribution in [-0.2, 0) is 42.2 Å². The average molecular weight is 505 g/mol. The Kier molecular flexibility index (Phi) is 7.26. The number of carboxylic acid groups (broad SMARTS) is 1. The van der Waals surface area contributed by atoms with Gasteiger partial charge in [-0.15, -0.1) is 23.5 Å². The predicted octanol–water partition coefficient (Wildman–Crippen LogP) is -1.04. The summed E-state index contributed by atoms with van der Waals surface area (Å²) in [5, 5.41) is 19.3. The molecule has 2 aliphatic heterocycles. The smallest absolute Gasteiger partial charge is 0.352 e. The van der Waals surface area contributed by atoms with Gasteiger partial charge in [0.15, 0.2) is 0 Å². The molecule has 0 spiro atoms. The van der Waals surface area contributed by atoms with E-state index in [-0.39, 0.29) is 29.5 Å². The molecule has 32 heavy (non-hydrogen) atoms. The fourth-order valence-electron chi connectivity index (χ4n) is 3.23. The molecule has 2 aliphatic rings. The number of nitrogens with one attached hydrogen (secondary N) is 1. The van der Waals surface area contributed by atoms with Crippen molar-refractivity contribution in [2.75, 3.05) is 31.5 Å². The molecule has 2 amide bonds. The zero-order chi connectivity index (χ0) is 23.6. The molecule has 0 unspecified atom stereocenters. The molecule has 3 heterocycles. The van der Waals surface area contributed by atoms with Crippen molar-refractivity contribution in [3.8, 4) is 0 Å². The van der Waals surface area contributed by atoms with Gasteiger partial charge in [0.25, 0.3) is 11.6 Å². The lowest BCUT2D eigenvalue weighted by atomic mass is 9.98. The number of esters is 1. The van der Waals surface area contributed by atoms with Crippen LogP contribution in [0.25, 0.3) is 0 Å². The molecule has 0 radical (unpaired) electrons. The number of hydrogen-bond donors (Lipinski definition) is 2. The van der Waals surface area contributed by atoms with Crippen LogP contribution in [-0.4, -0.2) is 96.1 Å². The number of carbonyl (C=O) groups excluding carboxylic acids is 3. The zero-order valence-corrected chi connectivity index (χ0v) is 19.7. The number of amides is 2. The Morgan fingerprint density at radius 3 is 2.62 bits per heavy atom. The van der Waals surface area contributed by atoms with Gasteiger partial charge in [0.1, 0.15) is 11.1 Å². The summed E-state index contributed by atoms with van der Waals surface area (Å²) in [4.78, 5) is 49.7. The van der Waals surface area contributed by atoms with Crippen molar-refractivity contribution in [3.05, 3.63) is 16.0 Å². The lowest BCUT2D eigenvalue weighted by molar-refractivity contribution is -0.192. The highest BCUT2D eigenvalue weighted by molar-refractivity contribution is 8.00. The highest BCUT2D eigenvalue weighted by Crippen LogP contribution is 2.46. The Hall–Kier alpha value is -2.43. The zero-order valence-electron chi connectivity index (χ0n) is 17.3. The summed E-state index contributed by atoms with van der Waals surface area (Å²) in [5.41, 5.74) is -1.48. The van der Waals surface area contributed by atoms with Crippen molar-refractivity contribution in [1.82, 2.24) is 30.0 Å². The topological polar surface area (TPSA) is 158 Å². The maximum absolute atomic E-state index is 13.0. The summed E-state index contributed by atoms with van der Waals surface area (Å²) < 4.78 is 12.9. The number of methoxy groups -OCH3 is 2. The first-order chi connectivity index (χ1) is 15.2. The molecule has 1 aromatic heterocycles. The number of hydrogen-bond acceptors (Lipinski definition) is 11. The van der Waals surface area contributed by atoms with Gasteiger partial charge in [-0.3, -0.25) is 19.3 Å². The summed E-state index contributed by atoms with van der Waals surface area (Å²) >= 11 is 7.46. The standard InChI is InChI=1S/C16H20N6O7S3/c1-20-15(30)21(19-18-20)4-8-5-32-14-16(29-3,13(27)22(14)11(8)12(25)26)17-9(23)6-31-7-10(24)28-2/h14H,4-7H2,1-3H3,(H,17,23)(H,25,26)/t14-,16+/m1/s1. The molecule has 0 aliphatic carbocycles. The van der Waals surface area contributed by atoms with Crippen molar-refractivity contribution < 1.29 is 33.8 Å². The van der Waals surface area contributed by atoms with Crippen LogP contribution in [0.1, 0.15) is 0 Å². The summed E-state index contributed by atoms with van der Waals surface area (Å²) in [7, 11) is 4.11. The van der Waals surface area contributed by atoms with Crippen LogP contribution in [0.5, 0.6) is 0 Å². The Labute approximate surface area is 195 Å². The maximum atomic E-state index is 13.0. The molecule has 0 aromatic carbocycles. The number of fused-ring (bicyclic) bond motifs is 1. The van der Waals surface area contributed by atoms with Crippen molar-refractivity contribution in [3.63, 3.8) is 0 Å².